The fourth-order valence-electron chi connectivity index (χ4n) is 1.86. The van der Waals surface area contributed by atoms with Gasteiger partial charge in [-0.15, -0.1) is 0 Å². The second-order valence-corrected chi connectivity index (χ2v) is 4.62. The normalized spacial score (nSPS) is 24.9. The summed E-state index contributed by atoms with van der Waals surface area (Å²) < 4.78 is 5.61. The number of aliphatic hydroxyl groups excluding tert-OH is 1. The van der Waals surface area contributed by atoms with Crippen LogP contribution in [0.2, 0.25) is 0 Å². The summed E-state index contributed by atoms with van der Waals surface area (Å²) in [7, 11) is 0. The molecule has 84 valence electrons. The number of nitrogens with two attached hydrogens (primary N) is 1. The third kappa shape index (κ3) is 3.92. The Morgan fingerprint density at radius 1 is 1.57 bits per heavy atom. The number of hydrogen-bond donors (Lipinski definition) is 2. The molecule has 14 heavy (non-hydrogen) atoms. The molecule has 0 spiro atoms. The van der Waals surface area contributed by atoms with Gasteiger partial charge >= 0.3 is 0 Å². The first-order chi connectivity index (χ1) is 6.53. The SMILES string of the molecule is CC1(C)CN(CC(N)CCO)CCO1. The van der Waals surface area contributed by atoms with Gasteiger partial charge in [-0.3, -0.25) is 4.90 Å². The van der Waals surface area contributed by atoms with Crippen molar-refractivity contribution in [3.63, 3.8) is 0 Å². The summed E-state index contributed by atoms with van der Waals surface area (Å²) in [5.41, 5.74) is 5.80. The van der Waals surface area contributed by atoms with Gasteiger partial charge in [0.1, 0.15) is 0 Å². The summed E-state index contributed by atoms with van der Waals surface area (Å²) in [6.45, 7) is 7.86. The molecule has 1 fully saturated rings. The van der Waals surface area contributed by atoms with Crippen LogP contribution in [0.3, 0.4) is 0 Å². The number of morpholine rings is 1. The smallest absolute Gasteiger partial charge is 0.0753 e. The lowest BCUT2D eigenvalue weighted by Gasteiger charge is -2.39. The Morgan fingerprint density at radius 3 is 2.86 bits per heavy atom. The first-order valence-corrected chi connectivity index (χ1v) is 5.26. The lowest BCUT2D eigenvalue weighted by Crippen LogP contribution is -2.51. The van der Waals surface area contributed by atoms with E-state index in [0.717, 1.165) is 26.2 Å². The van der Waals surface area contributed by atoms with Crippen molar-refractivity contribution in [2.45, 2.75) is 31.9 Å². The summed E-state index contributed by atoms with van der Waals surface area (Å²) in [6.07, 6.45) is 0.678. The summed E-state index contributed by atoms with van der Waals surface area (Å²) in [5.74, 6) is 0. The number of ether oxygens (including phenoxy) is 1. The van der Waals surface area contributed by atoms with Crippen LogP contribution in [0.4, 0.5) is 0 Å². The zero-order chi connectivity index (χ0) is 10.6. The van der Waals surface area contributed by atoms with Gasteiger partial charge in [0.25, 0.3) is 0 Å². The number of rotatable bonds is 4. The van der Waals surface area contributed by atoms with Gasteiger partial charge in [-0.25, -0.2) is 0 Å². The molecular formula is C10H22N2O2. The van der Waals surface area contributed by atoms with Crippen molar-refractivity contribution in [2.75, 3.05) is 32.8 Å². The largest absolute Gasteiger partial charge is 0.396 e. The summed E-state index contributed by atoms with van der Waals surface area (Å²) in [5, 5.41) is 8.75. The minimum atomic E-state index is -0.0583. The maximum atomic E-state index is 8.75. The molecule has 3 N–H and O–H groups in total. The van der Waals surface area contributed by atoms with Crippen molar-refractivity contribution in [1.29, 1.82) is 0 Å². The van der Waals surface area contributed by atoms with E-state index in [4.69, 9.17) is 15.6 Å². The number of aliphatic hydroxyl groups is 1. The van der Waals surface area contributed by atoms with Gasteiger partial charge in [0, 0.05) is 32.3 Å². The highest BCUT2D eigenvalue weighted by Gasteiger charge is 2.27. The maximum absolute atomic E-state index is 8.75. The molecule has 1 saturated heterocycles. The third-order valence-corrected chi connectivity index (χ3v) is 2.50. The first kappa shape index (κ1) is 11.9. The third-order valence-electron chi connectivity index (χ3n) is 2.50. The van der Waals surface area contributed by atoms with E-state index in [1.807, 2.05) is 0 Å². The molecule has 1 rings (SSSR count). The van der Waals surface area contributed by atoms with Crippen LogP contribution in [0.5, 0.6) is 0 Å². The summed E-state index contributed by atoms with van der Waals surface area (Å²) in [6, 6.07) is 0.0777. The highest BCUT2D eigenvalue weighted by atomic mass is 16.5. The maximum Gasteiger partial charge on any atom is 0.0753 e. The van der Waals surface area contributed by atoms with E-state index in [1.165, 1.54) is 0 Å². The topological polar surface area (TPSA) is 58.7 Å². The average Bonchev–Trinajstić information content (AvgIpc) is 2.02. The van der Waals surface area contributed by atoms with Gasteiger partial charge in [0.2, 0.25) is 0 Å². The van der Waals surface area contributed by atoms with Crippen molar-refractivity contribution in [1.82, 2.24) is 4.90 Å². The van der Waals surface area contributed by atoms with Crippen LogP contribution in [0, 0.1) is 0 Å². The van der Waals surface area contributed by atoms with Crippen LogP contribution >= 0.6 is 0 Å². The molecule has 1 unspecified atom stereocenters. The molecule has 4 nitrogen and oxygen atoms in total. The van der Waals surface area contributed by atoms with E-state index in [2.05, 4.69) is 18.7 Å². The summed E-state index contributed by atoms with van der Waals surface area (Å²) >= 11 is 0. The minimum Gasteiger partial charge on any atom is -0.396 e. The lowest BCUT2D eigenvalue weighted by molar-refractivity contribution is -0.0871. The van der Waals surface area contributed by atoms with E-state index in [-0.39, 0.29) is 18.2 Å². The van der Waals surface area contributed by atoms with Gasteiger partial charge < -0.3 is 15.6 Å². The van der Waals surface area contributed by atoms with Crippen molar-refractivity contribution in [2.24, 2.45) is 5.73 Å². The monoisotopic (exact) mass is 202 g/mol. The van der Waals surface area contributed by atoms with Crippen molar-refractivity contribution in [3.8, 4) is 0 Å². The Bertz CT molecular complexity index is 174. The van der Waals surface area contributed by atoms with Gasteiger partial charge in [-0.2, -0.15) is 0 Å². The Labute approximate surface area is 86.0 Å². The molecule has 0 aromatic heterocycles. The standard InChI is InChI=1S/C10H22N2O2/c1-10(2)8-12(4-6-14-10)7-9(11)3-5-13/h9,13H,3-8,11H2,1-2H3. The number of hydrogen-bond acceptors (Lipinski definition) is 4. The van der Waals surface area contributed by atoms with Crippen LogP contribution in [0.15, 0.2) is 0 Å². The Morgan fingerprint density at radius 2 is 2.29 bits per heavy atom. The van der Waals surface area contributed by atoms with E-state index < -0.39 is 0 Å². The predicted octanol–water partition coefficient (Wildman–Crippen LogP) is -0.193. The van der Waals surface area contributed by atoms with Crippen LogP contribution < -0.4 is 5.73 Å². The van der Waals surface area contributed by atoms with E-state index >= 15 is 0 Å². The lowest BCUT2D eigenvalue weighted by atomic mass is 10.1. The molecule has 1 aliphatic heterocycles. The summed E-state index contributed by atoms with van der Waals surface area (Å²) in [4.78, 5) is 2.31. The van der Waals surface area contributed by atoms with Crippen molar-refractivity contribution in [3.05, 3.63) is 0 Å². The number of nitrogens with zero attached hydrogens (tertiary/aromatic N) is 1. The van der Waals surface area contributed by atoms with E-state index in [9.17, 15) is 0 Å². The zero-order valence-electron chi connectivity index (χ0n) is 9.20. The van der Waals surface area contributed by atoms with Crippen LogP contribution in [0.1, 0.15) is 20.3 Å². The molecule has 0 bridgehead atoms. The Balaban J connectivity index is 2.30. The highest BCUT2D eigenvalue weighted by molar-refractivity contribution is 4.81. The highest BCUT2D eigenvalue weighted by Crippen LogP contribution is 2.16. The second kappa shape index (κ2) is 5.07. The molecule has 0 aromatic rings. The Hall–Kier alpha value is -0.160. The van der Waals surface area contributed by atoms with Gasteiger partial charge in [0.05, 0.1) is 12.2 Å². The van der Waals surface area contributed by atoms with E-state index in [0.29, 0.717) is 6.42 Å². The molecule has 4 heteroatoms. The van der Waals surface area contributed by atoms with Crippen LogP contribution in [-0.2, 0) is 4.74 Å². The molecule has 0 saturated carbocycles. The first-order valence-electron chi connectivity index (χ1n) is 5.26. The fraction of sp³-hybridized carbons (Fsp3) is 1.00. The van der Waals surface area contributed by atoms with Gasteiger partial charge in [-0.05, 0) is 20.3 Å². The molecule has 0 aliphatic carbocycles. The van der Waals surface area contributed by atoms with E-state index in [1.54, 1.807) is 0 Å². The molecule has 0 amide bonds. The fourth-order valence-corrected chi connectivity index (χ4v) is 1.86. The van der Waals surface area contributed by atoms with Crippen LogP contribution in [-0.4, -0.2) is 54.5 Å². The molecule has 0 aromatic carbocycles. The van der Waals surface area contributed by atoms with Crippen molar-refractivity contribution >= 4 is 0 Å². The second-order valence-electron chi connectivity index (χ2n) is 4.62. The zero-order valence-corrected chi connectivity index (χ0v) is 9.20. The van der Waals surface area contributed by atoms with Crippen molar-refractivity contribution < 1.29 is 9.84 Å². The molecule has 1 aliphatic rings. The van der Waals surface area contributed by atoms with Gasteiger partial charge in [0.15, 0.2) is 0 Å². The molecule has 1 heterocycles. The van der Waals surface area contributed by atoms with Gasteiger partial charge in [-0.1, -0.05) is 0 Å². The van der Waals surface area contributed by atoms with Crippen LogP contribution in [0.25, 0.3) is 0 Å². The predicted molar refractivity (Wildman–Crippen MR) is 56.1 cm³/mol. The molecule has 1 atom stereocenters. The minimum absolute atomic E-state index is 0.0583. The quantitative estimate of drug-likeness (QED) is 0.663. The molecular weight excluding hydrogens is 180 g/mol. The average molecular weight is 202 g/mol. The molecule has 0 radical (unpaired) electrons. The Kier molecular flexibility index (Phi) is 4.31.